The van der Waals surface area contributed by atoms with Gasteiger partial charge in [0.15, 0.2) is 0 Å². The molecule has 0 aliphatic rings. The zero-order valence-corrected chi connectivity index (χ0v) is 8.14. The molecule has 0 radical (unpaired) electrons. The molecule has 0 amide bonds. The van der Waals surface area contributed by atoms with Crippen molar-refractivity contribution in [3.05, 3.63) is 54.6 Å². The average Bonchev–Trinajstić information content (AvgIpc) is 2.71. The Bertz CT molecular complexity index is 441. The molecule has 1 aromatic heterocycles. The molecule has 0 N–H and O–H groups in total. The van der Waals surface area contributed by atoms with E-state index in [2.05, 4.69) is 30.6 Å². The zero-order chi connectivity index (χ0) is 9.97. The lowest BCUT2D eigenvalue weighted by Gasteiger charge is -2.08. The minimum Gasteiger partial charge on any atom is -0.306 e. The Hall–Kier alpha value is -1.83. The van der Waals surface area contributed by atoms with E-state index in [0.717, 1.165) is 11.3 Å². The van der Waals surface area contributed by atoms with Gasteiger partial charge in [0.25, 0.3) is 0 Å². The summed E-state index contributed by atoms with van der Waals surface area (Å²) in [5, 5.41) is 0. The minimum atomic E-state index is 1.15. The number of nitrogens with zero attached hydrogens (tertiary/aromatic N) is 2. The lowest BCUT2D eigenvalue weighted by molar-refractivity contribution is 1.04. The fourth-order valence-corrected chi connectivity index (χ4v) is 1.54. The molecule has 2 heteroatoms. The average molecular weight is 184 g/mol. The Morgan fingerprint density at radius 1 is 1.43 bits per heavy atom. The van der Waals surface area contributed by atoms with E-state index >= 15 is 0 Å². The summed E-state index contributed by atoms with van der Waals surface area (Å²) in [4.78, 5) is 4.03. The zero-order valence-electron chi connectivity index (χ0n) is 8.14. The van der Waals surface area contributed by atoms with Gasteiger partial charge in [-0.3, -0.25) is 0 Å². The molecule has 70 valence electrons. The van der Waals surface area contributed by atoms with E-state index in [0.29, 0.717) is 0 Å². The summed E-state index contributed by atoms with van der Waals surface area (Å²) in [6.45, 7) is 5.88. The summed E-state index contributed by atoms with van der Waals surface area (Å²) in [6.07, 6.45) is 7.39. The monoisotopic (exact) mass is 184 g/mol. The second kappa shape index (κ2) is 3.50. The van der Waals surface area contributed by atoms with Crippen molar-refractivity contribution >= 4 is 6.08 Å². The summed E-state index contributed by atoms with van der Waals surface area (Å²) in [5.41, 5.74) is 3.54. The molecule has 1 aromatic carbocycles. The van der Waals surface area contributed by atoms with E-state index in [9.17, 15) is 0 Å². The Balaban J connectivity index is 2.60. The maximum Gasteiger partial charge on any atom is 0.0991 e. The van der Waals surface area contributed by atoms with Gasteiger partial charge in [-0.25, -0.2) is 4.98 Å². The Morgan fingerprint density at radius 2 is 2.29 bits per heavy atom. The third-order valence-electron chi connectivity index (χ3n) is 2.35. The van der Waals surface area contributed by atoms with Crippen LogP contribution in [0.3, 0.4) is 0 Å². The van der Waals surface area contributed by atoms with Crippen molar-refractivity contribution in [1.29, 1.82) is 0 Å². The van der Waals surface area contributed by atoms with Gasteiger partial charge in [0, 0.05) is 18.1 Å². The van der Waals surface area contributed by atoms with E-state index in [-0.39, 0.29) is 0 Å². The molecule has 2 aromatic rings. The van der Waals surface area contributed by atoms with Gasteiger partial charge in [-0.1, -0.05) is 24.8 Å². The van der Waals surface area contributed by atoms with Crippen LogP contribution in [-0.4, -0.2) is 9.55 Å². The summed E-state index contributed by atoms with van der Waals surface area (Å²) in [6, 6.07) is 6.16. The lowest BCUT2D eigenvalue weighted by atomic mass is 10.1. The molecule has 0 unspecified atom stereocenters. The third kappa shape index (κ3) is 1.35. The first-order valence-electron chi connectivity index (χ1n) is 4.53. The van der Waals surface area contributed by atoms with Crippen LogP contribution in [0.25, 0.3) is 11.8 Å². The first kappa shape index (κ1) is 8.75. The Kier molecular flexibility index (Phi) is 2.19. The molecule has 0 aliphatic heterocycles. The summed E-state index contributed by atoms with van der Waals surface area (Å²) < 4.78 is 2.00. The van der Waals surface area contributed by atoms with E-state index < -0.39 is 0 Å². The van der Waals surface area contributed by atoms with Crippen molar-refractivity contribution in [2.45, 2.75) is 6.92 Å². The number of hydrogen-bond donors (Lipinski definition) is 0. The van der Waals surface area contributed by atoms with Crippen molar-refractivity contribution in [3.8, 4) is 5.69 Å². The topological polar surface area (TPSA) is 17.8 Å². The molecule has 0 fully saturated rings. The van der Waals surface area contributed by atoms with Crippen molar-refractivity contribution in [2.75, 3.05) is 0 Å². The fraction of sp³-hybridized carbons (Fsp3) is 0.0833. The predicted molar refractivity (Wildman–Crippen MR) is 58.4 cm³/mol. The molecule has 0 spiro atoms. The first-order chi connectivity index (χ1) is 6.83. The molecule has 0 saturated carbocycles. The highest BCUT2D eigenvalue weighted by atomic mass is 15.0. The van der Waals surface area contributed by atoms with Crippen LogP contribution in [0.5, 0.6) is 0 Å². The lowest BCUT2D eigenvalue weighted by Crippen LogP contribution is -1.95. The SMILES string of the molecule is C=Cc1cccc(-n2ccnc2)c1C. The van der Waals surface area contributed by atoms with Gasteiger partial charge >= 0.3 is 0 Å². The van der Waals surface area contributed by atoms with Gasteiger partial charge in [-0.2, -0.15) is 0 Å². The fourth-order valence-electron chi connectivity index (χ4n) is 1.54. The quantitative estimate of drug-likeness (QED) is 0.701. The summed E-state index contributed by atoms with van der Waals surface area (Å²) in [5.74, 6) is 0. The molecule has 0 bridgehead atoms. The maximum absolute atomic E-state index is 4.03. The van der Waals surface area contributed by atoms with Gasteiger partial charge in [0.2, 0.25) is 0 Å². The highest BCUT2D eigenvalue weighted by Gasteiger charge is 2.02. The van der Waals surface area contributed by atoms with Crippen molar-refractivity contribution < 1.29 is 0 Å². The number of aromatic nitrogens is 2. The summed E-state index contributed by atoms with van der Waals surface area (Å²) >= 11 is 0. The normalized spacial score (nSPS) is 10.1. The minimum absolute atomic E-state index is 1.15. The molecule has 0 atom stereocenters. The van der Waals surface area contributed by atoms with Gasteiger partial charge in [0.05, 0.1) is 6.33 Å². The van der Waals surface area contributed by atoms with Crippen LogP contribution in [0.4, 0.5) is 0 Å². The van der Waals surface area contributed by atoms with Crippen LogP contribution < -0.4 is 0 Å². The van der Waals surface area contributed by atoms with Crippen LogP contribution >= 0.6 is 0 Å². The van der Waals surface area contributed by atoms with Gasteiger partial charge in [0.1, 0.15) is 0 Å². The van der Waals surface area contributed by atoms with Crippen molar-refractivity contribution in [3.63, 3.8) is 0 Å². The second-order valence-electron chi connectivity index (χ2n) is 3.17. The Labute approximate surface area is 83.5 Å². The van der Waals surface area contributed by atoms with Crippen LogP contribution in [0.2, 0.25) is 0 Å². The maximum atomic E-state index is 4.03. The van der Waals surface area contributed by atoms with Crippen molar-refractivity contribution in [2.24, 2.45) is 0 Å². The van der Waals surface area contributed by atoms with E-state index in [1.165, 1.54) is 5.56 Å². The summed E-state index contributed by atoms with van der Waals surface area (Å²) in [7, 11) is 0. The standard InChI is InChI=1S/C12H12N2/c1-3-11-5-4-6-12(10(11)2)14-8-7-13-9-14/h3-9H,1H2,2H3. The number of benzene rings is 1. The molecule has 14 heavy (non-hydrogen) atoms. The van der Waals surface area contributed by atoms with Gasteiger partial charge in [-0.05, 0) is 24.1 Å². The van der Waals surface area contributed by atoms with Crippen LogP contribution in [0, 0.1) is 6.92 Å². The number of imidazole rings is 1. The predicted octanol–water partition coefficient (Wildman–Crippen LogP) is 2.82. The largest absolute Gasteiger partial charge is 0.306 e. The van der Waals surface area contributed by atoms with Crippen LogP contribution in [0.1, 0.15) is 11.1 Å². The Morgan fingerprint density at radius 3 is 2.93 bits per heavy atom. The highest BCUT2D eigenvalue weighted by Crippen LogP contribution is 2.18. The molecular formula is C12H12N2. The van der Waals surface area contributed by atoms with Gasteiger partial charge in [-0.15, -0.1) is 0 Å². The number of rotatable bonds is 2. The highest BCUT2D eigenvalue weighted by molar-refractivity contribution is 5.58. The molecule has 1 heterocycles. The van der Waals surface area contributed by atoms with E-state index in [4.69, 9.17) is 0 Å². The molecule has 0 aliphatic carbocycles. The van der Waals surface area contributed by atoms with Crippen molar-refractivity contribution in [1.82, 2.24) is 9.55 Å². The molecular weight excluding hydrogens is 172 g/mol. The van der Waals surface area contributed by atoms with E-state index in [1.807, 2.05) is 22.9 Å². The second-order valence-corrected chi connectivity index (χ2v) is 3.17. The number of hydrogen-bond acceptors (Lipinski definition) is 1. The smallest absolute Gasteiger partial charge is 0.0991 e. The third-order valence-corrected chi connectivity index (χ3v) is 2.35. The molecule has 2 nitrogen and oxygen atoms in total. The molecule has 0 saturated heterocycles. The van der Waals surface area contributed by atoms with Gasteiger partial charge < -0.3 is 4.57 Å². The van der Waals surface area contributed by atoms with Crippen LogP contribution in [0.15, 0.2) is 43.5 Å². The van der Waals surface area contributed by atoms with E-state index in [1.54, 1.807) is 12.5 Å². The van der Waals surface area contributed by atoms with Crippen LogP contribution in [-0.2, 0) is 0 Å². The first-order valence-corrected chi connectivity index (χ1v) is 4.53. The molecule has 2 rings (SSSR count).